The van der Waals surface area contributed by atoms with Crippen LogP contribution >= 0.6 is 0 Å². The summed E-state index contributed by atoms with van der Waals surface area (Å²) < 4.78 is 0. The van der Waals surface area contributed by atoms with Gasteiger partial charge in [-0.1, -0.05) is 0 Å². The molecule has 0 aromatic carbocycles. The first-order valence-corrected chi connectivity index (χ1v) is 3.48. The molecule has 66 valence electrons. The molecule has 0 aromatic heterocycles. The lowest BCUT2D eigenvalue weighted by atomic mass is 10.4. The summed E-state index contributed by atoms with van der Waals surface area (Å²) in [7, 11) is 0. The van der Waals surface area contributed by atoms with Gasteiger partial charge in [-0.2, -0.15) is 5.06 Å². The lowest BCUT2D eigenvalue weighted by molar-refractivity contribution is -0.194. The normalized spacial score (nSPS) is 8.42. The summed E-state index contributed by atoms with van der Waals surface area (Å²) >= 11 is 0. The number of carbonyl (C=O) groups is 2. The predicted octanol–water partition coefficient (Wildman–Crippen LogP) is 0.336. The van der Waals surface area contributed by atoms with E-state index in [-0.39, 0.29) is 12.5 Å². The molecule has 0 unspecified atom stereocenters. The van der Waals surface area contributed by atoms with Crippen molar-refractivity contribution in [2.24, 2.45) is 0 Å². The van der Waals surface area contributed by atoms with Crippen molar-refractivity contribution in [3.05, 3.63) is 0 Å². The SMILES string of the molecule is C#CCCN(OC(C)=O)C(C)=O. The number of terminal acetylenes is 1. The average molecular weight is 169 g/mol. The molecule has 0 radical (unpaired) electrons. The van der Waals surface area contributed by atoms with Crippen molar-refractivity contribution in [1.82, 2.24) is 5.06 Å². The van der Waals surface area contributed by atoms with Gasteiger partial charge in [-0.25, -0.2) is 0 Å². The van der Waals surface area contributed by atoms with Crippen molar-refractivity contribution < 1.29 is 14.4 Å². The zero-order valence-corrected chi connectivity index (χ0v) is 7.16. The molecule has 0 aliphatic carbocycles. The Morgan fingerprint density at radius 2 is 2.08 bits per heavy atom. The maximum atomic E-state index is 10.8. The van der Waals surface area contributed by atoms with E-state index in [0.717, 1.165) is 5.06 Å². The first-order valence-electron chi connectivity index (χ1n) is 3.48. The van der Waals surface area contributed by atoms with Gasteiger partial charge in [0.1, 0.15) is 0 Å². The van der Waals surface area contributed by atoms with E-state index >= 15 is 0 Å². The number of amides is 1. The van der Waals surface area contributed by atoms with Crippen LogP contribution in [0.15, 0.2) is 0 Å². The summed E-state index contributed by atoms with van der Waals surface area (Å²) in [6, 6.07) is 0. The fourth-order valence-corrected chi connectivity index (χ4v) is 0.589. The van der Waals surface area contributed by atoms with E-state index in [1.54, 1.807) is 0 Å². The molecule has 0 bridgehead atoms. The average Bonchev–Trinajstić information content (AvgIpc) is 1.96. The second kappa shape index (κ2) is 5.19. The monoisotopic (exact) mass is 169 g/mol. The fraction of sp³-hybridized carbons (Fsp3) is 0.500. The Balaban J connectivity index is 3.97. The molecule has 0 aliphatic heterocycles. The molecule has 1 amide bonds. The van der Waals surface area contributed by atoms with Gasteiger partial charge in [0, 0.05) is 20.3 Å². The molecular weight excluding hydrogens is 158 g/mol. The zero-order valence-electron chi connectivity index (χ0n) is 7.16. The van der Waals surface area contributed by atoms with Crippen molar-refractivity contribution in [3.8, 4) is 12.3 Å². The molecule has 0 rings (SSSR count). The van der Waals surface area contributed by atoms with E-state index in [9.17, 15) is 9.59 Å². The van der Waals surface area contributed by atoms with Gasteiger partial charge < -0.3 is 4.84 Å². The molecule has 0 heterocycles. The second-order valence-electron chi connectivity index (χ2n) is 2.16. The summed E-state index contributed by atoms with van der Waals surface area (Å²) in [5.74, 6) is 1.48. The highest BCUT2D eigenvalue weighted by Crippen LogP contribution is 1.94. The van der Waals surface area contributed by atoms with Crippen molar-refractivity contribution in [1.29, 1.82) is 0 Å². The molecule has 0 N–H and O–H groups in total. The van der Waals surface area contributed by atoms with Crippen LogP contribution in [0.25, 0.3) is 0 Å². The van der Waals surface area contributed by atoms with Crippen LogP contribution in [-0.4, -0.2) is 23.5 Å². The van der Waals surface area contributed by atoms with Crippen LogP contribution in [0.5, 0.6) is 0 Å². The van der Waals surface area contributed by atoms with E-state index < -0.39 is 5.97 Å². The number of hydrogen-bond acceptors (Lipinski definition) is 3. The second-order valence-corrected chi connectivity index (χ2v) is 2.16. The Bertz CT molecular complexity index is 217. The first kappa shape index (κ1) is 10.5. The topological polar surface area (TPSA) is 46.6 Å². The molecule has 4 nitrogen and oxygen atoms in total. The van der Waals surface area contributed by atoms with Crippen LogP contribution in [-0.2, 0) is 14.4 Å². The van der Waals surface area contributed by atoms with Crippen molar-refractivity contribution in [2.45, 2.75) is 20.3 Å². The van der Waals surface area contributed by atoms with E-state index in [4.69, 9.17) is 6.42 Å². The number of carbonyl (C=O) groups excluding carboxylic acids is 2. The van der Waals surface area contributed by atoms with Crippen LogP contribution in [0.2, 0.25) is 0 Å². The van der Waals surface area contributed by atoms with Crippen LogP contribution in [0.4, 0.5) is 0 Å². The van der Waals surface area contributed by atoms with Crippen molar-refractivity contribution >= 4 is 11.9 Å². The number of hydroxylamine groups is 2. The van der Waals surface area contributed by atoms with Gasteiger partial charge in [0.05, 0.1) is 6.54 Å². The Morgan fingerprint density at radius 3 is 2.42 bits per heavy atom. The van der Waals surface area contributed by atoms with Gasteiger partial charge in [-0.3, -0.25) is 9.59 Å². The third-order valence-electron chi connectivity index (χ3n) is 1.05. The molecule has 12 heavy (non-hydrogen) atoms. The minimum absolute atomic E-state index is 0.241. The highest BCUT2D eigenvalue weighted by Gasteiger charge is 2.10. The Morgan fingerprint density at radius 1 is 1.50 bits per heavy atom. The zero-order chi connectivity index (χ0) is 9.56. The Kier molecular flexibility index (Phi) is 4.54. The molecule has 0 aromatic rings. The van der Waals surface area contributed by atoms with Crippen LogP contribution in [0.1, 0.15) is 20.3 Å². The smallest absolute Gasteiger partial charge is 0.329 e. The first-order chi connectivity index (χ1) is 5.57. The fourth-order valence-electron chi connectivity index (χ4n) is 0.589. The molecule has 4 heteroatoms. The molecule has 0 spiro atoms. The number of hydrogen-bond donors (Lipinski definition) is 0. The van der Waals surface area contributed by atoms with E-state index in [0.29, 0.717) is 6.42 Å². The molecule has 0 saturated carbocycles. The third-order valence-corrected chi connectivity index (χ3v) is 1.05. The minimum Gasteiger partial charge on any atom is -0.338 e. The Hall–Kier alpha value is -1.50. The van der Waals surface area contributed by atoms with Gasteiger partial charge in [-0.15, -0.1) is 12.3 Å². The van der Waals surface area contributed by atoms with E-state index in [1.807, 2.05) is 0 Å². The Labute approximate surface area is 71.4 Å². The predicted molar refractivity (Wildman–Crippen MR) is 42.6 cm³/mol. The van der Waals surface area contributed by atoms with Gasteiger partial charge in [0.15, 0.2) is 0 Å². The summed E-state index contributed by atoms with van der Waals surface area (Å²) in [5, 5.41) is 0.947. The van der Waals surface area contributed by atoms with Crippen molar-refractivity contribution in [2.75, 3.05) is 6.54 Å². The maximum absolute atomic E-state index is 10.8. The summed E-state index contributed by atoms with van der Waals surface area (Å²) in [6.45, 7) is 2.77. The molecule has 0 atom stereocenters. The van der Waals surface area contributed by atoms with E-state index in [2.05, 4.69) is 10.8 Å². The maximum Gasteiger partial charge on any atom is 0.329 e. The van der Waals surface area contributed by atoms with Crippen molar-refractivity contribution in [3.63, 3.8) is 0 Å². The van der Waals surface area contributed by atoms with Crippen LogP contribution < -0.4 is 0 Å². The van der Waals surface area contributed by atoms with Crippen LogP contribution in [0, 0.1) is 12.3 Å². The number of rotatable bonds is 2. The van der Waals surface area contributed by atoms with Gasteiger partial charge in [0.25, 0.3) is 5.91 Å². The van der Waals surface area contributed by atoms with Gasteiger partial charge in [-0.05, 0) is 0 Å². The number of nitrogens with zero attached hydrogens (tertiary/aromatic N) is 1. The summed E-state index contributed by atoms with van der Waals surface area (Å²) in [4.78, 5) is 25.8. The molecule has 0 saturated heterocycles. The van der Waals surface area contributed by atoms with Gasteiger partial charge >= 0.3 is 5.97 Å². The third kappa shape index (κ3) is 4.34. The summed E-state index contributed by atoms with van der Waals surface area (Å²) in [6.07, 6.45) is 5.35. The lowest BCUT2D eigenvalue weighted by Gasteiger charge is -2.16. The minimum atomic E-state index is -0.526. The molecular formula is C8H11NO3. The standard InChI is InChI=1S/C8H11NO3/c1-4-5-6-9(7(2)10)12-8(3)11/h1H,5-6H2,2-3H3. The van der Waals surface area contributed by atoms with Crippen LogP contribution in [0.3, 0.4) is 0 Å². The highest BCUT2D eigenvalue weighted by molar-refractivity contribution is 5.75. The lowest BCUT2D eigenvalue weighted by Crippen LogP contribution is -2.31. The summed E-state index contributed by atoms with van der Waals surface area (Å²) in [5.41, 5.74) is 0. The molecule has 0 aliphatic rings. The molecule has 0 fully saturated rings. The quantitative estimate of drug-likeness (QED) is 0.442. The van der Waals surface area contributed by atoms with Gasteiger partial charge in [0.2, 0.25) is 0 Å². The largest absolute Gasteiger partial charge is 0.338 e. The highest BCUT2D eigenvalue weighted by atomic mass is 16.7. The van der Waals surface area contributed by atoms with E-state index in [1.165, 1.54) is 13.8 Å².